The van der Waals surface area contributed by atoms with Gasteiger partial charge in [-0.1, -0.05) is 37.3 Å². The van der Waals surface area contributed by atoms with Gasteiger partial charge < -0.3 is 19.9 Å². The van der Waals surface area contributed by atoms with E-state index in [0.29, 0.717) is 35.8 Å². The molecule has 228 valence electrons. The van der Waals surface area contributed by atoms with Crippen molar-refractivity contribution in [3.63, 3.8) is 0 Å². The highest BCUT2D eigenvalue weighted by Gasteiger charge is 2.33. The number of nitrogens with zero attached hydrogens (tertiary/aromatic N) is 4. The largest absolute Gasteiger partial charge is 0.417 e. The molecular formula is C34H38N6O4. The van der Waals surface area contributed by atoms with Crippen LogP contribution in [0.1, 0.15) is 70.4 Å². The highest BCUT2D eigenvalue weighted by atomic mass is 16.6. The van der Waals surface area contributed by atoms with E-state index in [1.54, 1.807) is 55.4 Å². The summed E-state index contributed by atoms with van der Waals surface area (Å²) >= 11 is 0. The first kappa shape index (κ1) is 30.3. The van der Waals surface area contributed by atoms with E-state index in [0.717, 1.165) is 29.1 Å². The number of carbonyl (C=O) groups excluding carboxylic acids is 3. The summed E-state index contributed by atoms with van der Waals surface area (Å²) in [4.78, 5) is 41.9. The van der Waals surface area contributed by atoms with Crippen molar-refractivity contribution in [3.8, 4) is 5.75 Å². The van der Waals surface area contributed by atoms with Crippen LogP contribution < -0.4 is 20.3 Å². The molecule has 5 rings (SSSR count). The van der Waals surface area contributed by atoms with Crippen LogP contribution in [-0.4, -0.2) is 53.2 Å². The van der Waals surface area contributed by atoms with Gasteiger partial charge in [-0.3, -0.25) is 19.6 Å². The number of nitrogens with one attached hydrogen (secondary N) is 2. The maximum atomic E-state index is 13.5. The van der Waals surface area contributed by atoms with Crippen molar-refractivity contribution in [2.24, 2.45) is 0 Å². The highest BCUT2D eigenvalue weighted by molar-refractivity contribution is 5.95. The fourth-order valence-electron chi connectivity index (χ4n) is 5.39. The first-order valence-electron chi connectivity index (χ1n) is 14.7. The molecule has 0 saturated heterocycles. The van der Waals surface area contributed by atoms with E-state index >= 15 is 0 Å². The van der Waals surface area contributed by atoms with Crippen molar-refractivity contribution in [1.29, 1.82) is 0 Å². The van der Waals surface area contributed by atoms with E-state index < -0.39 is 6.09 Å². The van der Waals surface area contributed by atoms with Crippen molar-refractivity contribution < 1.29 is 19.1 Å². The molecule has 3 aromatic carbocycles. The Hall–Kier alpha value is -5.12. The first-order valence-corrected chi connectivity index (χ1v) is 14.7. The van der Waals surface area contributed by atoms with Gasteiger partial charge in [-0.2, -0.15) is 5.10 Å². The summed E-state index contributed by atoms with van der Waals surface area (Å²) < 4.78 is 7.24. The number of anilines is 2. The van der Waals surface area contributed by atoms with E-state index in [1.807, 2.05) is 47.1 Å². The molecule has 0 unspecified atom stereocenters. The Morgan fingerprint density at radius 2 is 1.66 bits per heavy atom. The van der Waals surface area contributed by atoms with Gasteiger partial charge in [0.15, 0.2) is 5.69 Å². The summed E-state index contributed by atoms with van der Waals surface area (Å²) in [6.07, 6.45) is -0.580. The Balaban J connectivity index is 1.27. The van der Waals surface area contributed by atoms with E-state index in [4.69, 9.17) is 9.84 Å². The topological polar surface area (TPSA) is 109 Å². The van der Waals surface area contributed by atoms with Gasteiger partial charge in [0.05, 0.1) is 0 Å². The number of para-hydroxylation sites is 1. The van der Waals surface area contributed by atoms with Crippen LogP contribution in [0.2, 0.25) is 0 Å². The molecule has 0 radical (unpaired) electrons. The van der Waals surface area contributed by atoms with E-state index in [1.165, 1.54) is 0 Å². The number of amides is 3. The lowest BCUT2D eigenvalue weighted by Gasteiger charge is -2.34. The van der Waals surface area contributed by atoms with Crippen LogP contribution in [0.25, 0.3) is 0 Å². The molecule has 1 aliphatic heterocycles. The van der Waals surface area contributed by atoms with Gasteiger partial charge in [0.2, 0.25) is 0 Å². The Morgan fingerprint density at radius 3 is 2.30 bits per heavy atom. The molecule has 4 aromatic rings. The fourth-order valence-corrected chi connectivity index (χ4v) is 5.39. The zero-order valence-electron chi connectivity index (χ0n) is 25.7. The highest BCUT2D eigenvalue weighted by Crippen LogP contribution is 2.35. The van der Waals surface area contributed by atoms with E-state index in [-0.39, 0.29) is 23.8 Å². The minimum Gasteiger partial charge on any atom is -0.410 e. The summed E-state index contributed by atoms with van der Waals surface area (Å²) in [7, 11) is 3.47. The third-order valence-electron chi connectivity index (χ3n) is 7.56. The molecule has 1 atom stereocenters. The van der Waals surface area contributed by atoms with Crippen molar-refractivity contribution in [3.05, 3.63) is 107 Å². The average molecular weight is 595 g/mol. The molecule has 44 heavy (non-hydrogen) atoms. The third-order valence-corrected chi connectivity index (χ3v) is 7.56. The van der Waals surface area contributed by atoms with Gasteiger partial charge >= 0.3 is 6.09 Å². The summed E-state index contributed by atoms with van der Waals surface area (Å²) in [5.74, 6) is 0.319. The molecule has 0 aliphatic carbocycles. The number of hydrogen-bond acceptors (Lipinski definition) is 6. The number of carbonyl (C=O) groups is 3. The molecule has 10 heteroatoms. The maximum absolute atomic E-state index is 13.5. The molecule has 2 heterocycles. The quantitative estimate of drug-likeness (QED) is 0.266. The van der Waals surface area contributed by atoms with Crippen LogP contribution in [0.3, 0.4) is 0 Å². The minimum absolute atomic E-state index is 0.0421. The maximum Gasteiger partial charge on any atom is 0.417 e. The Labute approximate surface area is 257 Å². The fraction of sp³-hybridized carbons (Fsp3) is 0.294. The third kappa shape index (κ3) is 6.75. The monoisotopic (exact) mass is 594 g/mol. The molecule has 10 nitrogen and oxygen atoms in total. The molecule has 0 spiro atoms. The second-order valence-corrected chi connectivity index (χ2v) is 11.5. The normalized spacial score (nSPS) is 14.1. The van der Waals surface area contributed by atoms with Gasteiger partial charge in [0.1, 0.15) is 5.75 Å². The van der Waals surface area contributed by atoms with Crippen molar-refractivity contribution in [2.75, 3.05) is 30.9 Å². The number of fused-ring (bicyclic) bond motifs is 1. The molecule has 0 saturated carbocycles. The van der Waals surface area contributed by atoms with Crippen LogP contribution in [0, 0.1) is 0 Å². The second kappa shape index (κ2) is 13.0. The molecular weight excluding hydrogens is 556 g/mol. The molecule has 2 N–H and O–H groups in total. The Kier molecular flexibility index (Phi) is 8.99. The van der Waals surface area contributed by atoms with Gasteiger partial charge in [-0.05, 0) is 67.9 Å². The smallest absolute Gasteiger partial charge is 0.410 e. The predicted octanol–water partition coefficient (Wildman–Crippen LogP) is 5.83. The van der Waals surface area contributed by atoms with Crippen LogP contribution in [0.15, 0.2) is 78.9 Å². The summed E-state index contributed by atoms with van der Waals surface area (Å²) in [5.41, 5.74) is 5.50. The van der Waals surface area contributed by atoms with Gasteiger partial charge in [0, 0.05) is 73.9 Å². The zero-order chi connectivity index (χ0) is 31.4. The lowest BCUT2D eigenvalue weighted by molar-refractivity contribution is 0.0827. The summed E-state index contributed by atoms with van der Waals surface area (Å²) in [6.45, 7) is 7.90. The van der Waals surface area contributed by atoms with Crippen LogP contribution in [-0.2, 0) is 13.1 Å². The average Bonchev–Trinajstić information content (AvgIpc) is 3.41. The van der Waals surface area contributed by atoms with Crippen molar-refractivity contribution in [1.82, 2.24) is 20.0 Å². The molecule has 3 amide bonds. The molecule has 1 aromatic heterocycles. The lowest BCUT2D eigenvalue weighted by atomic mass is 9.95. The Bertz CT molecular complexity index is 1630. The van der Waals surface area contributed by atoms with Crippen LogP contribution in [0.5, 0.6) is 5.75 Å². The van der Waals surface area contributed by atoms with E-state index in [2.05, 4.69) is 36.3 Å². The molecule has 0 bridgehead atoms. The van der Waals surface area contributed by atoms with Crippen molar-refractivity contribution in [2.45, 2.75) is 45.8 Å². The zero-order valence-corrected chi connectivity index (χ0v) is 25.7. The lowest BCUT2D eigenvalue weighted by Crippen LogP contribution is -2.34. The Morgan fingerprint density at radius 1 is 0.977 bits per heavy atom. The first-order chi connectivity index (χ1) is 21.1. The predicted molar refractivity (Wildman–Crippen MR) is 170 cm³/mol. The summed E-state index contributed by atoms with van der Waals surface area (Å²) in [5, 5.41) is 10.5. The van der Waals surface area contributed by atoms with Crippen LogP contribution >= 0.6 is 0 Å². The summed E-state index contributed by atoms with van der Waals surface area (Å²) in [6, 6.07) is 23.8. The number of aromatic nitrogens is 2. The minimum atomic E-state index is -0.580. The number of ether oxygens (including phenoxy) is 1. The van der Waals surface area contributed by atoms with Gasteiger partial charge in [-0.25, -0.2) is 4.79 Å². The van der Waals surface area contributed by atoms with Gasteiger partial charge in [0.25, 0.3) is 11.8 Å². The van der Waals surface area contributed by atoms with Crippen molar-refractivity contribution >= 4 is 29.3 Å². The SMILES string of the molecule is CC(C)n1nc(C(=O)NCc2ccc(NC(=O)Oc3ccccc3)cc2)c2c1[C@@H](C)CN(c1ccc(C(=O)N(C)C)cc1)C2. The standard InChI is InChI=1S/C34H38N6O4/c1-22(2)40-31-23(3)20-39(27-17-13-25(14-18-27)33(42)38(4)5)21-29(31)30(37-40)32(41)35-19-24-11-15-26(16-12-24)36-34(43)44-28-9-7-6-8-10-28/h6-18,22-23H,19-21H2,1-5H3,(H,35,41)(H,36,43)/t23-/m0/s1. The number of rotatable bonds is 8. The second-order valence-electron chi connectivity index (χ2n) is 11.5. The molecule has 1 aliphatic rings. The number of hydrogen-bond donors (Lipinski definition) is 2. The van der Waals surface area contributed by atoms with Gasteiger partial charge in [-0.15, -0.1) is 0 Å². The molecule has 0 fully saturated rings. The van der Waals surface area contributed by atoms with Crippen LogP contribution in [0.4, 0.5) is 16.2 Å². The number of benzene rings is 3. The van der Waals surface area contributed by atoms with E-state index in [9.17, 15) is 14.4 Å².